The lowest BCUT2D eigenvalue weighted by Crippen LogP contribution is -2.55. The summed E-state index contributed by atoms with van der Waals surface area (Å²) in [6.45, 7) is 1.44. The molecule has 0 aromatic heterocycles. The van der Waals surface area contributed by atoms with Crippen molar-refractivity contribution >= 4 is 46.1 Å². The molecule has 0 fully saturated rings. The highest BCUT2D eigenvalue weighted by Gasteiger charge is 2.34. The highest BCUT2D eigenvalue weighted by molar-refractivity contribution is 7.80. The molecule has 30 heavy (non-hydrogen) atoms. The number of nitrogens with zero attached hydrogens (tertiary/aromatic N) is 5. The molecule has 11 heteroatoms. The van der Waals surface area contributed by atoms with Gasteiger partial charge in [-0.1, -0.05) is 30.3 Å². The van der Waals surface area contributed by atoms with E-state index in [4.69, 9.17) is 12.2 Å². The number of carbonyl (C=O) groups is 2. The fourth-order valence-electron chi connectivity index (χ4n) is 2.58. The van der Waals surface area contributed by atoms with Crippen LogP contribution in [0.25, 0.3) is 0 Å². The predicted molar refractivity (Wildman–Crippen MR) is 113 cm³/mol. The van der Waals surface area contributed by atoms with Gasteiger partial charge >= 0.3 is 0 Å². The van der Waals surface area contributed by atoms with Gasteiger partial charge in [0.25, 0.3) is 11.6 Å². The van der Waals surface area contributed by atoms with Crippen molar-refractivity contribution in [2.45, 2.75) is 13.0 Å². The Hall–Kier alpha value is -3.70. The van der Waals surface area contributed by atoms with E-state index in [1.807, 2.05) is 0 Å². The molecule has 1 aliphatic heterocycles. The van der Waals surface area contributed by atoms with Gasteiger partial charge in [0.15, 0.2) is 11.8 Å². The number of amides is 1. The number of non-ortho nitro benzene ring substituents is 1. The van der Waals surface area contributed by atoms with Crippen LogP contribution in [0.4, 0.5) is 11.4 Å². The third-order valence-corrected chi connectivity index (χ3v) is 4.43. The summed E-state index contributed by atoms with van der Waals surface area (Å²) >= 11 is 5.13. The van der Waals surface area contributed by atoms with Crippen molar-refractivity contribution in [2.24, 2.45) is 15.2 Å². The molecule has 1 heterocycles. The Labute approximate surface area is 176 Å². The number of azo groups is 1. The number of hydrogen-bond acceptors (Lipinski definition) is 8. The molecule has 1 N–H and O–H groups in total. The van der Waals surface area contributed by atoms with E-state index in [9.17, 15) is 19.7 Å². The van der Waals surface area contributed by atoms with Gasteiger partial charge in [-0.05, 0) is 31.3 Å². The quantitative estimate of drug-likeness (QED) is 0.239. The molecule has 0 saturated carbocycles. The molecule has 3 rings (SSSR count). The Kier molecular flexibility index (Phi) is 6.45. The third kappa shape index (κ3) is 4.82. The van der Waals surface area contributed by atoms with Crippen LogP contribution in [0.2, 0.25) is 0 Å². The van der Waals surface area contributed by atoms with Crippen molar-refractivity contribution < 1.29 is 14.5 Å². The number of carbonyl (C=O) groups excluding carboxylic acids is 2. The monoisotopic (exact) mass is 424 g/mol. The molecule has 0 unspecified atom stereocenters. The first-order valence-electron chi connectivity index (χ1n) is 8.77. The van der Waals surface area contributed by atoms with Crippen molar-refractivity contribution in [1.29, 1.82) is 0 Å². The van der Waals surface area contributed by atoms with Crippen LogP contribution in [0.5, 0.6) is 0 Å². The van der Waals surface area contributed by atoms with Gasteiger partial charge in [-0.3, -0.25) is 19.7 Å². The van der Waals surface area contributed by atoms with E-state index in [2.05, 4.69) is 20.6 Å². The summed E-state index contributed by atoms with van der Waals surface area (Å²) in [6.07, 6.45) is 0. The van der Waals surface area contributed by atoms with Gasteiger partial charge in [0.1, 0.15) is 0 Å². The Balaban J connectivity index is 1.70. The molecular formula is C19H16N6O4S. The number of thiocarbonyl (C=S) groups is 1. The van der Waals surface area contributed by atoms with Crippen molar-refractivity contribution in [3.8, 4) is 0 Å². The minimum absolute atomic E-state index is 0.0276. The number of aliphatic imine (C=N–C) groups is 1. The lowest BCUT2D eigenvalue weighted by molar-refractivity contribution is -0.384. The molecule has 1 aliphatic rings. The fraction of sp³-hybridized carbons (Fsp3) is 0.158. The van der Waals surface area contributed by atoms with E-state index in [0.29, 0.717) is 17.0 Å². The third-order valence-electron chi connectivity index (χ3n) is 4.16. The zero-order valence-corrected chi connectivity index (χ0v) is 16.6. The summed E-state index contributed by atoms with van der Waals surface area (Å²) in [5, 5.41) is 19.7. The van der Waals surface area contributed by atoms with Crippen LogP contribution < -0.4 is 5.43 Å². The maximum atomic E-state index is 12.8. The van der Waals surface area contributed by atoms with Gasteiger partial charge in [0, 0.05) is 17.7 Å². The Bertz CT molecular complexity index is 1050. The van der Waals surface area contributed by atoms with E-state index in [-0.39, 0.29) is 23.1 Å². The average Bonchev–Trinajstić information content (AvgIpc) is 2.74. The molecule has 2 aromatic rings. The maximum Gasteiger partial charge on any atom is 0.275 e. The van der Waals surface area contributed by atoms with Crippen molar-refractivity contribution in [1.82, 2.24) is 10.4 Å². The molecule has 0 spiro atoms. The summed E-state index contributed by atoms with van der Waals surface area (Å²) in [7, 11) is 0. The highest BCUT2D eigenvalue weighted by Crippen LogP contribution is 2.20. The lowest BCUT2D eigenvalue weighted by atomic mass is 10.1. The average molecular weight is 424 g/mol. The first-order valence-corrected chi connectivity index (χ1v) is 9.18. The normalized spacial score (nSPS) is 16.6. The summed E-state index contributed by atoms with van der Waals surface area (Å²) in [5.41, 5.74) is 3.80. The second kappa shape index (κ2) is 9.20. The number of nitrogens with one attached hydrogen (secondary N) is 1. The smallest absolute Gasteiger partial charge is 0.275 e. The number of Topliss-reactive ketones (excluding diaryl/α,β-unsaturated/α-hetero) is 1. The van der Waals surface area contributed by atoms with E-state index in [1.54, 1.807) is 37.3 Å². The SMILES string of the molecule is CC1=NC(=S)N(NCC(=O)c2ccccc2)C(=O)[C@@H]1N=Nc1ccc([N+](=O)[O-])cc1. The van der Waals surface area contributed by atoms with Crippen molar-refractivity contribution in [2.75, 3.05) is 6.54 Å². The van der Waals surface area contributed by atoms with Gasteiger partial charge in [0.2, 0.25) is 5.11 Å². The summed E-state index contributed by atoms with van der Waals surface area (Å²) in [5.74, 6) is -0.749. The molecule has 0 bridgehead atoms. The number of hydrazine groups is 1. The van der Waals surface area contributed by atoms with Crippen molar-refractivity contribution in [3.05, 3.63) is 70.3 Å². The second-order valence-electron chi connectivity index (χ2n) is 6.23. The van der Waals surface area contributed by atoms with Gasteiger partial charge in [-0.15, -0.1) is 0 Å². The summed E-state index contributed by atoms with van der Waals surface area (Å²) in [4.78, 5) is 39.4. The standard InChI is InChI=1S/C19H16N6O4S/c1-12-17(23-22-14-7-9-15(10-8-14)25(28)29)18(27)24(19(30)21-12)20-11-16(26)13-5-3-2-4-6-13/h2-10,17,20H,11H2,1H3/t17-/m1/s1. The summed E-state index contributed by atoms with van der Waals surface area (Å²) in [6, 6.07) is 13.0. The molecule has 2 aromatic carbocycles. The second-order valence-corrected chi connectivity index (χ2v) is 6.59. The van der Waals surface area contributed by atoms with Crippen LogP contribution in [0.1, 0.15) is 17.3 Å². The molecule has 1 amide bonds. The number of rotatable bonds is 7. The van der Waals surface area contributed by atoms with Crippen LogP contribution in [-0.4, -0.2) is 45.0 Å². The number of hydrogen-bond donors (Lipinski definition) is 1. The fourth-order valence-corrected chi connectivity index (χ4v) is 2.88. The number of benzene rings is 2. The number of nitro groups is 1. The Morgan fingerprint density at radius 2 is 1.90 bits per heavy atom. The highest BCUT2D eigenvalue weighted by atomic mass is 32.1. The minimum atomic E-state index is -1.04. The maximum absolute atomic E-state index is 12.8. The van der Waals surface area contributed by atoms with E-state index < -0.39 is 16.9 Å². The zero-order valence-electron chi connectivity index (χ0n) is 15.8. The zero-order chi connectivity index (χ0) is 21.7. The summed E-state index contributed by atoms with van der Waals surface area (Å²) < 4.78 is 0. The largest absolute Gasteiger partial charge is 0.293 e. The molecule has 1 atom stereocenters. The number of ketones is 1. The van der Waals surface area contributed by atoms with Gasteiger partial charge in [-0.2, -0.15) is 10.2 Å². The van der Waals surface area contributed by atoms with Crippen LogP contribution in [-0.2, 0) is 4.79 Å². The van der Waals surface area contributed by atoms with Crippen LogP contribution in [0.3, 0.4) is 0 Å². The molecule has 0 radical (unpaired) electrons. The minimum Gasteiger partial charge on any atom is -0.293 e. The van der Waals surface area contributed by atoms with Crippen LogP contribution in [0.15, 0.2) is 69.8 Å². The van der Waals surface area contributed by atoms with Gasteiger partial charge in [0.05, 0.1) is 22.9 Å². The van der Waals surface area contributed by atoms with E-state index in [0.717, 1.165) is 5.01 Å². The topological polar surface area (TPSA) is 130 Å². The van der Waals surface area contributed by atoms with E-state index in [1.165, 1.54) is 24.3 Å². The van der Waals surface area contributed by atoms with Crippen LogP contribution >= 0.6 is 12.2 Å². The van der Waals surface area contributed by atoms with E-state index >= 15 is 0 Å². The van der Waals surface area contributed by atoms with Gasteiger partial charge in [-0.25, -0.2) is 15.4 Å². The Morgan fingerprint density at radius 3 is 2.53 bits per heavy atom. The first-order chi connectivity index (χ1) is 14.4. The molecule has 152 valence electrons. The molecule has 0 aliphatic carbocycles. The number of nitro benzene ring substituents is 1. The van der Waals surface area contributed by atoms with Gasteiger partial charge < -0.3 is 0 Å². The molecular weight excluding hydrogens is 408 g/mol. The lowest BCUT2D eigenvalue weighted by Gasteiger charge is -2.28. The van der Waals surface area contributed by atoms with Crippen LogP contribution in [0, 0.1) is 10.1 Å². The Morgan fingerprint density at radius 1 is 1.23 bits per heavy atom. The molecule has 0 saturated heterocycles. The predicted octanol–water partition coefficient (Wildman–Crippen LogP) is 3.02. The van der Waals surface area contributed by atoms with Crippen molar-refractivity contribution in [3.63, 3.8) is 0 Å². The molecule has 10 nitrogen and oxygen atoms in total. The first kappa shape index (κ1) is 21.0.